The van der Waals surface area contributed by atoms with E-state index in [-0.39, 0.29) is 18.0 Å². The van der Waals surface area contributed by atoms with Crippen molar-refractivity contribution in [1.82, 2.24) is 10.6 Å². The van der Waals surface area contributed by atoms with Gasteiger partial charge in [-0.1, -0.05) is 0 Å². The van der Waals surface area contributed by atoms with Gasteiger partial charge in [-0.05, 0) is 26.0 Å². The van der Waals surface area contributed by atoms with E-state index in [0.29, 0.717) is 43.5 Å². The molecule has 1 aliphatic heterocycles. The van der Waals surface area contributed by atoms with Crippen molar-refractivity contribution in [3.63, 3.8) is 0 Å². The number of benzene rings is 1. The summed E-state index contributed by atoms with van der Waals surface area (Å²) in [6.45, 7) is 7.01. The number of carbonyl (C=O) groups excluding carboxylic acids is 2. The fraction of sp³-hybridized carbons (Fsp3) is 0.500. The van der Waals surface area contributed by atoms with Crippen LogP contribution in [-0.4, -0.2) is 44.3 Å². The standard InChI is InChI=1S/C16H23N3O4/c1-11(2)18-16(21)17-6-7-19(12(3)20)13-4-5-14-15(10-13)23-9-8-22-14/h4-5,10-11H,6-9H2,1-3H3,(H2,17,18,21). The quantitative estimate of drug-likeness (QED) is 0.862. The molecule has 0 bridgehead atoms. The lowest BCUT2D eigenvalue weighted by Gasteiger charge is -2.24. The second kappa shape index (κ2) is 7.71. The van der Waals surface area contributed by atoms with Gasteiger partial charge in [0.1, 0.15) is 13.2 Å². The number of nitrogens with one attached hydrogen (secondary N) is 2. The van der Waals surface area contributed by atoms with Crippen LogP contribution in [0.15, 0.2) is 18.2 Å². The van der Waals surface area contributed by atoms with Crippen LogP contribution in [0, 0.1) is 0 Å². The molecule has 0 fully saturated rings. The van der Waals surface area contributed by atoms with Gasteiger partial charge in [-0.15, -0.1) is 0 Å². The van der Waals surface area contributed by atoms with Crippen molar-refractivity contribution in [2.75, 3.05) is 31.2 Å². The van der Waals surface area contributed by atoms with Crippen LogP contribution in [0.4, 0.5) is 10.5 Å². The zero-order chi connectivity index (χ0) is 16.8. The van der Waals surface area contributed by atoms with Gasteiger partial charge in [0.25, 0.3) is 0 Å². The maximum absolute atomic E-state index is 11.9. The number of rotatable bonds is 5. The average molecular weight is 321 g/mol. The molecule has 0 radical (unpaired) electrons. The Balaban J connectivity index is 1.98. The fourth-order valence-corrected chi connectivity index (χ4v) is 2.26. The molecule has 0 unspecified atom stereocenters. The highest BCUT2D eigenvalue weighted by Gasteiger charge is 2.17. The Morgan fingerprint density at radius 2 is 1.91 bits per heavy atom. The van der Waals surface area contributed by atoms with Crippen molar-refractivity contribution >= 4 is 17.6 Å². The maximum Gasteiger partial charge on any atom is 0.315 e. The van der Waals surface area contributed by atoms with Crippen molar-refractivity contribution in [2.24, 2.45) is 0 Å². The van der Waals surface area contributed by atoms with Crippen LogP contribution in [0.1, 0.15) is 20.8 Å². The van der Waals surface area contributed by atoms with Gasteiger partial charge in [0.05, 0.1) is 0 Å². The molecule has 0 saturated carbocycles. The summed E-state index contributed by atoms with van der Waals surface area (Å²) in [5.41, 5.74) is 0.716. The van der Waals surface area contributed by atoms with Gasteiger partial charge < -0.3 is 25.0 Å². The third-order valence-corrected chi connectivity index (χ3v) is 3.26. The summed E-state index contributed by atoms with van der Waals surface area (Å²) < 4.78 is 11.0. The van der Waals surface area contributed by atoms with Crippen LogP contribution >= 0.6 is 0 Å². The van der Waals surface area contributed by atoms with E-state index in [1.807, 2.05) is 19.9 Å². The zero-order valence-electron chi connectivity index (χ0n) is 13.7. The molecule has 1 aromatic rings. The van der Waals surface area contributed by atoms with E-state index >= 15 is 0 Å². The molecule has 3 amide bonds. The summed E-state index contributed by atoms with van der Waals surface area (Å²) in [7, 11) is 0. The normalized spacial score (nSPS) is 12.7. The SMILES string of the molecule is CC(=O)N(CCNC(=O)NC(C)C)c1ccc2c(c1)OCCO2. The molecule has 7 heteroatoms. The van der Waals surface area contributed by atoms with E-state index in [9.17, 15) is 9.59 Å². The van der Waals surface area contributed by atoms with Crippen LogP contribution in [0.5, 0.6) is 11.5 Å². The Kier molecular flexibility index (Phi) is 5.67. The molecule has 23 heavy (non-hydrogen) atoms. The summed E-state index contributed by atoms with van der Waals surface area (Å²) in [6.07, 6.45) is 0. The number of anilines is 1. The second-order valence-corrected chi connectivity index (χ2v) is 5.55. The summed E-state index contributed by atoms with van der Waals surface area (Å²) in [6, 6.07) is 5.20. The largest absolute Gasteiger partial charge is 0.486 e. The molecule has 7 nitrogen and oxygen atoms in total. The van der Waals surface area contributed by atoms with Gasteiger partial charge in [0, 0.05) is 37.8 Å². The lowest BCUT2D eigenvalue weighted by Crippen LogP contribution is -2.43. The highest BCUT2D eigenvalue weighted by molar-refractivity contribution is 5.92. The molecular formula is C16H23N3O4. The summed E-state index contributed by atoms with van der Waals surface area (Å²) in [5, 5.41) is 5.47. The Hall–Kier alpha value is -2.44. The van der Waals surface area contributed by atoms with E-state index < -0.39 is 0 Å². The summed E-state index contributed by atoms with van der Waals surface area (Å²) in [4.78, 5) is 25.1. The molecule has 1 heterocycles. The third kappa shape index (κ3) is 4.77. The maximum atomic E-state index is 11.9. The minimum atomic E-state index is -0.245. The van der Waals surface area contributed by atoms with Gasteiger partial charge in [-0.2, -0.15) is 0 Å². The second-order valence-electron chi connectivity index (χ2n) is 5.55. The molecule has 0 aromatic heterocycles. The van der Waals surface area contributed by atoms with Crippen molar-refractivity contribution in [3.8, 4) is 11.5 Å². The van der Waals surface area contributed by atoms with Gasteiger partial charge in [0.15, 0.2) is 11.5 Å². The number of carbonyl (C=O) groups is 2. The lowest BCUT2D eigenvalue weighted by atomic mass is 10.2. The first-order chi connectivity index (χ1) is 11.0. The van der Waals surface area contributed by atoms with E-state index in [2.05, 4.69) is 10.6 Å². The monoisotopic (exact) mass is 321 g/mol. The smallest absolute Gasteiger partial charge is 0.315 e. The Labute approximate surface area is 135 Å². The highest BCUT2D eigenvalue weighted by Crippen LogP contribution is 2.33. The number of nitrogens with zero attached hydrogens (tertiary/aromatic N) is 1. The van der Waals surface area contributed by atoms with Crippen LogP contribution in [0.25, 0.3) is 0 Å². The van der Waals surface area contributed by atoms with E-state index in [4.69, 9.17) is 9.47 Å². The molecule has 2 N–H and O–H groups in total. The fourth-order valence-electron chi connectivity index (χ4n) is 2.26. The number of ether oxygens (including phenoxy) is 2. The molecular weight excluding hydrogens is 298 g/mol. The molecule has 1 aromatic carbocycles. The van der Waals surface area contributed by atoms with Gasteiger partial charge >= 0.3 is 6.03 Å². The van der Waals surface area contributed by atoms with Crippen LogP contribution in [0.2, 0.25) is 0 Å². The van der Waals surface area contributed by atoms with E-state index in [1.54, 1.807) is 17.0 Å². The van der Waals surface area contributed by atoms with Crippen LogP contribution in [-0.2, 0) is 4.79 Å². The van der Waals surface area contributed by atoms with Gasteiger partial charge in [-0.3, -0.25) is 4.79 Å². The molecule has 0 saturated heterocycles. The molecule has 2 rings (SSSR count). The third-order valence-electron chi connectivity index (χ3n) is 3.26. The highest BCUT2D eigenvalue weighted by atomic mass is 16.6. The minimum Gasteiger partial charge on any atom is -0.486 e. The summed E-state index contributed by atoms with van der Waals surface area (Å²) >= 11 is 0. The number of hydrogen-bond acceptors (Lipinski definition) is 4. The van der Waals surface area contributed by atoms with Crippen molar-refractivity contribution < 1.29 is 19.1 Å². The van der Waals surface area contributed by atoms with Crippen molar-refractivity contribution in [2.45, 2.75) is 26.8 Å². The topological polar surface area (TPSA) is 79.9 Å². The number of fused-ring (bicyclic) bond motifs is 1. The predicted molar refractivity (Wildman–Crippen MR) is 87.1 cm³/mol. The first-order valence-electron chi connectivity index (χ1n) is 7.69. The Morgan fingerprint density at radius 3 is 2.57 bits per heavy atom. The lowest BCUT2D eigenvalue weighted by molar-refractivity contribution is -0.116. The molecule has 0 spiro atoms. The first kappa shape index (κ1) is 16.9. The number of hydrogen-bond donors (Lipinski definition) is 2. The van der Waals surface area contributed by atoms with Crippen LogP contribution < -0.4 is 25.0 Å². The molecule has 0 atom stereocenters. The van der Waals surface area contributed by atoms with E-state index in [1.165, 1.54) is 6.92 Å². The van der Waals surface area contributed by atoms with Gasteiger partial charge in [0.2, 0.25) is 5.91 Å². The van der Waals surface area contributed by atoms with E-state index in [0.717, 1.165) is 0 Å². The molecule has 0 aliphatic carbocycles. The van der Waals surface area contributed by atoms with Crippen molar-refractivity contribution in [1.29, 1.82) is 0 Å². The van der Waals surface area contributed by atoms with Crippen LogP contribution in [0.3, 0.4) is 0 Å². The molecule has 1 aliphatic rings. The van der Waals surface area contributed by atoms with Gasteiger partial charge in [-0.25, -0.2) is 4.79 Å². The average Bonchev–Trinajstić information content (AvgIpc) is 2.50. The molecule has 126 valence electrons. The predicted octanol–water partition coefficient (Wildman–Crippen LogP) is 1.52. The van der Waals surface area contributed by atoms with Crippen molar-refractivity contribution in [3.05, 3.63) is 18.2 Å². The Bertz CT molecular complexity index is 574. The summed E-state index contributed by atoms with van der Waals surface area (Å²) in [5.74, 6) is 1.20. The minimum absolute atomic E-state index is 0.0664. The first-order valence-corrected chi connectivity index (χ1v) is 7.69. The zero-order valence-corrected chi connectivity index (χ0v) is 13.7. The number of amides is 3. The Morgan fingerprint density at radius 1 is 1.22 bits per heavy atom. The number of urea groups is 1.